The average molecular weight is 697 g/mol. The fraction of sp³-hybridized carbons (Fsp3) is 0.405. The lowest BCUT2D eigenvalue weighted by Gasteiger charge is -2.41. The zero-order chi connectivity index (χ0) is 34.4. The van der Waals surface area contributed by atoms with Gasteiger partial charge >= 0.3 is 0 Å². The molecule has 3 aromatic carbocycles. The van der Waals surface area contributed by atoms with Crippen molar-refractivity contribution in [2.45, 2.75) is 37.6 Å². The Kier molecular flexibility index (Phi) is 8.90. The van der Waals surface area contributed by atoms with Crippen molar-refractivity contribution >= 4 is 50.6 Å². The third kappa shape index (κ3) is 6.30. The number of piperidine rings is 1. The Morgan fingerprint density at radius 2 is 1.66 bits per heavy atom. The maximum absolute atomic E-state index is 13.3. The number of piperazine rings is 1. The molecule has 3 saturated heterocycles. The zero-order valence-corrected chi connectivity index (χ0v) is 28.7. The number of carbonyl (C=O) groups excluding carboxylic acids is 3. The largest absolute Gasteiger partial charge is 0.497 e. The first kappa shape index (κ1) is 32.6. The first-order chi connectivity index (χ1) is 24.3. The van der Waals surface area contributed by atoms with Crippen LogP contribution in [0, 0.1) is 0 Å². The second-order valence-corrected chi connectivity index (χ2v) is 14.3. The molecule has 5 heterocycles. The summed E-state index contributed by atoms with van der Waals surface area (Å²) in [6.07, 6.45) is 0.368. The van der Waals surface area contributed by atoms with Crippen molar-refractivity contribution in [2.24, 2.45) is 0 Å². The monoisotopic (exact) mass is 696 g/mol. The van der Waals surface area contributed by atoms with Gasteiger partial charge in [-0.2, -0.15) is 0 Å². The minimum Gasteiger partial charge on any atom is -0.497 e. The lowest BCUT2D eigenvalue weighted by molar-refractivity contribution is -0.129. The number of fused-ring (bicyclic) bond motifs is 2. The predicted octanol–water partition coefficient (Wildman–Crippen LogP) is 3.58. The minimum atomic E-state index is -1.26. The summed E-state index contributed by atoms with van der Waals surface area (Å²) < 4.78 is 12.7. The summed E-state index contributed by atoms with van der Waals surface area (Å²) in [4.78, 5) is 50.9. The topological polar surface area (TPSA) is 128 Å². The number of rotatable bonds is 10. The van der Waals surface area contributed by atoms with E-state index in [1.165, 1.54) is 5.69 Å². The molecule has 3 fully saturated rings. The Morgan fingerprint density at radius 1 is 0.900 bits per heavy atom. The van der Waals surface area contributed by atoms with Gasteiger partial charge in [0.25, 0.3) is 11.8 Å². The molecular weight excluding hydrogens is 657 g/mol. The van der Waals surface area contributed by atoms with Crippen LogP contribution in [-0.4, -0.2) is 116 Å². The normalized spacial score (nSPS) is 21.5. The molecule has 12 nitrogen and oxygen atoms in total. The number of nitrogens with one attached hydrogen (secondary N) is 1. The number of ether oxygens (including phenoxy) is 2. The Hall–Kier alpha value is -4.56. The van der Waals surface area contributed by atoms with Crippen LogP contribution >= 0.6 is 11.3 Å². The number of imide groups is 1. The van der Waals surface area contributed by atoms with Crippen molar-refractivity contribution < 1.29 is 29.0 Å². The summed E-state index contributed by atoms with van der Waals surface area (Å²) in [6.45, 7) is 6.94. The smallest absolute Gasteiger partial charge is 0.262 e. The van der Waals surface area contributed by atoms with E-state index in [1.54, 1.807) is 30.6 Å². The number of carbonyl (C=O) groups is 3. The lowest BCUT2D eigenvalue weighted by atomic mass is 10.0. The van der Waals surface area contributed by atoms with E-state index < -0.39 is 24.1 Å². The van der Waals surface area contributed by atoms with Crippen LogP contribution in [0.25, 0.3) is 20.8 Å². The molecule has 2 N–H and O–H groups in total. The molecule has 3 amide bonds. The highest BCUT2D eigenvalue weighted by Crippen LogP contribution is 2.34. The summed E-state index contributed by atoms with van der Waals surface area (Å²) in [7, 11) is 1.68. The van der Waals surface area contributed by atoms with E-state index in [9.17, 15) is 19.5 Å². The average Bonchev–Trinajstić information content (AvgIpc) is 3.65. The molecule has 50 heavy (non-hydrogen) atoms. The quantitative estimate of drug-likeness (QED) is 0.188. The zero-order valence-electron chi connectivity index (χ0n) is 27.9. The van der Waals surface area contributed by atoms with Gasteiger partial charge in [-0.25, -0.2) is 4.98 Å². The molecule has 13 heteroatoms. The number of thiazole rings is 1. The highest BCUT2D eigenvalue weighted by molar-refractivity contribution is 7.21. The molecule has 1 aromatic heterocycles. The van der Waals surface area contributed by atoms with E-state index in [4.69, 9.17) is 14.5 Å². The maximum Gasteiger partial charge on any atom is 0.262 e. The molecule has 0 aliphatic carbocycles. The summed E-state index contributed by atoms with van der Waals surface area (Å²) in [6, 6.07) is 19.2. The summed E-state index contributed by atoms with van der Waals surface area (Å²) in [5.74, 6) is -0.279. The highest BCUT2D eigenvalue weighted by Gasteiger charge is 2.44. The van der Waals surface area contributed by atoms with Crippen LogP contribution in [0.4, 0.5) is 11.4 Å². The Bertz CT molecular complexity index is 1920. The van der Waals surface area contributed by atoms with Crippen molar-refractivity contribution in [3.8, 4) is 16.3 Å². The van der Waals surface area contributed by atoms with Gasteiger partial charge in [0.15, 0.2) is 0 Å². The van der Waals surface area contributed by atoms with E-state index in [0.717, 1.165) is 96.0 Å². The SMILES string of the molecule is COc1ccc2nc(-c3ccc(N4CC(OCCCN5CCN(c6ccc7c(c6)C(=O)N(C6CCC(=O)NC6O)C7=O)CC5)C4)cc3)sc2c1. The fourth-order valence-electron chi connectivity index (χ4n) is 7.28. The van der Waals surface area contributed by atoms with Gasteiger partial charge in [0.2, 0.25) is 5.91 Å². The van der Waals surface area contributed by atoms with Gasteiger partial charge in [-0.05, 0) is 73.5 Å². The summed E-state index contributed by atoms with van der Waals surface area (Å²) in [5.41, 5.74) is 4.91. The summed E-state index contributed by atoms with van der Waals surface area (Å²) >= 11 is 1.67. The third-order valence-corrected chi connectivity index (χ3v) is 11.3. The Labute approximate surface area is 294 Å². The molecule has 0 radical (unpaired) electrons. The molecule has 2 atom stereocenters. The molecular formula is C37H40N6O6S. The Balaban J connectivity index is 0.756. The van der Waals surface area contributed by atoms with E-state index in [1.807, 2.05) is 24.3 Å². The van der Waals surface area contributed by atoms with Crippen molar-refractivity contribution in [1.82, 2.24) is 20.1 Å². The maximum atomic E-state index is 13.3. The van der Waals surface area contributed by atoms with Crippen LogP contribution in [-0.2, 0) is 9.53 Å². The van der Waals surface area contributed by atoms with Gasteiger partial charge in [0.1, 0.15) is 17.0 Å². The number of amides is 3. The molecule has 0 spiro atoms. The molecule has 8 rings (SSSR count). The van der Waals surface area contributed by atoms with Crippen molar-refractivity contribution in [3.05, 3.63) is 71.8 Å². The van der Waals surface area contributed by atoms with Crippen molar-refractivity contribution in [3.63, 3.8) is 0 Å². The van der Waals surface area contributed by atoms with Gasteiger partial charge in [-0.15, -0.1) is 11.3 Å². The van der Waals surface area contributed by atoms with Gasteiger partial charge in [-0.1, -0.05) is 0 Å². The molecule has 4 aliphatic rings. The number of aliphatic hydroxyl groups excluding tert-OH is 1. The second kappa shape index (κ2) is 13.6. The molecule has 2 unspecified atom stereocenters. The van der Waals surface area contributed by atoms with Gasteiger partial charge < -0.3 is 29.7 Å². The van der Waals surface area contributed by atoms with Gasteiger partial charge in [0, 0.05) is 75.8 Å². The number of benzene rings is 3. The highest BCUT2D eigenvalue weighted by atomic mass is 32.1. The first-order valence-electron chi connectivity index (χ1n) is 17.2. The number of hydrogen-bond acceptors (Lipinski definition) is 11. The van der Waals surface area contributed by atoms with E-state index in [0.29, 0.717) is 11.1 Å². The van der Waals surface area contributed by atoms with Crippen molar-refractivity contribution in [1.29, 1.82) is 0 Å². The van der Waals surface area contributed by atoms with Gasteiger partial charge in [0.05, 0.1) is 40.6 Å². The number of anilines is 2. The Morgan fingerprint density at radius 3 is 2.42 bits per heavy atom. The molecule has 0 bridgehead atoms. The minimum absolute atomic E-state index is 0.163. The number of methoxy groups -OCH3 is 1. The molecule has 4 aromatic rings. The van der Waals surface area contributed by atoms with Crippen LogP contribution in [0.15, 0.2) is 60.7 Å². The van der Waals surface area contributed by atoms with Crippen LogP contribution in [0.1, 0.15) is 40.0 Å². The van der Waals surface area contributed by atoms with Crippen LogP contribution in [0.2, 0.25) is 0 Å². The fourth-order valence-corrected chi connectivity index (χ4v) is 8.28. The second-order valence-electron chi connectivity index (χ2n) is 13.3. The molecule has 260 valence electrons. The predicted molar refractivity (Wildman–Crippen MR) is 191 cm³/mol. The van der Waals surface area contributed by atoms with Gasteiger partial charge in [-0.3, -0.25) is 24.2 Å². The van der Waals surface area contributed by atoms with Crippen LogP contribution in [0.3, 0.4) is 0 Å². The number of hydrogen-bond donors (Lipinski definition) is 2. The lowest BCUT2D eigenvalue weighted by Crippen LogP contribution is -2.57. The van der Waals surface area contributed by atoms with E-state index in [-0.39, 0.29) is 24.9 Å². The number of aliphatic hydroxyl groups is 1. The van der Waals surface area contributed by atoms with Crippen LogP contribution in [0.5, 0.6) is 5.75 Å². The van der Waals surface area contributed by atoms with Crippen LogP contribution < -0.4 is 19.9 Å². The summed E-state index contributed by atoms with van der Waals surface area (Å²) in [5, 5.41) is 13.8. The van der Waals surface area contributed by atoms with Crippen molar-refractivity contribution in [2.75, 3.05) is 69.3 Å². The van der Waals surface area contributed by atoms with E-state index >= 15 is 0 Å². The molecule has 0 saturated carbocycles. The third-order valence-electron chi connectivity index (χ3n) is 10.2. The standard InChI is InChI=1S/C37H40N6O6S/c1-48-26-8-10-30-32(20-26)50-35(38-30)23-3-5-24(6-4-23)42-21-27(22-42)49-18-2-13-40-14-16-41(17-15-40)25-7-9-28-29(19-25)37(47)43(36(28)46)31-11-12-33(44)39-34(31)45/h3-10,19-20,27,31,34,45H,2,11-18,21-22H2,1H3,(H,39,44). The number of aromatic nitrogens is 1. The molecule has 4 aliphatic heterocycles. The first-order valence-corrected chi connectivity index (χ1v) is 18.0. The number of nitrogens with zero attached hydrogens (tertiary/aromatic N) is 5. The van der Waals surface area contributed by atoms with E-state index in [2.05, 4.69) is 44.3 Å².